The van der Waals surface area contributed by atoms with E-state index in [-0.39, 0.29) is 18.3 Å². The van der Waals surface area contributed by atoms with Crippen LogP contribution in [0.15, 0.2) is 103 Å². The van der Waals surface area contributed by atoms with Crippen LogP contribution in [-0.4, -0.2) is 42.1 Å². The second-order valence-corrected chi connectivity index (χ2v) is 12.2. The topological polar surface area (TPSA) is 76.0 Å². The first-order valence-corrected chi connectivity index (χ1v) is 16.9. The number of phenolic OH excluding ortho intramolecular Hbond substituents is 1. The summed E-state index contributed by atoms with van der Waals surface area (Å²) < 4.78 is 10.8. The summed E-state index contributed by atoms with van der Waals surface area (Å²) in [5.74, 6) is -0.289. The van der Waals surface area contributed by atoms with E-state index in [1.54, 1.807) is 12.1 Å². The lowest BCUT2D eigenvalue weighted by atomic mass is 9.92. The molecule has 0 saturated carbocycles. The van der Waals surface area contributed by atoms with Crippen LogP contribution >= 0.6 is 0 Å². The number of unbranched alkanes of at least 4 members (excludes halogenated alkanes) is 4. The first-order chi connectivity index (χ1) is 22.4. The fourth-order valence-electron chi connectivity index (χ4n) is 5.75. The molecule has 0 aromatic heterocycles. The number of rotatable bonds is 19. The third-order valence-electron chi connectivity index (χ3n) is 8.63. The number of carbonyl (C=O) groups excluding carboxylic acids is 1. The number of aliphatic hydroxyl groups is 1. The van der Waals surface area contributed by atoms with Gasteiger partial charge in [0.25, 0.3) is 0 Å². The molecule has 0 aliphatic heterocycles. The zero-order valence-corrected chi connectivity index (χ0v) is 27.4. The minimum absolute atomic E-state index is 0.0200. The van der Waals surface area contributed by atoms with E-state index >= 15 is 0 Å². The SMILES string of the molecule is C=C(CO)C(=O)OCCOC1C=CC(CCc2ccc(CCc3ccc(-c4ccc(O)cc4)cc3CCCCCCC)cc2)=CC1. The van der Waals surface area contributed by atoms with Crippen molar-refractivity contribution in [1.82, 2.24) is 0 Å². The minimum Gasteiger partial charge on any atom is -0.508 e. The lowest BCUT2D eigenvalue weighted by Gasteiger charge is -2.17. The normalized spacial score (nSPS) is 14.2. The molecular weight excluding hydrogens is 572 g/mol. The maximum atomic E-state index is 11.5. The Morgan fingerprint density at radius 2 is 1.50 bits per heavy atom. The predicted molar refractivity (Wildman–Crippen MR) is 187 cm³/mol. The quantitative estimate of drug-likeness (QED) is 0.0795. The van der Waals surface area contributed by atoms with E-state index in [9.17, 15) is 9.90 Å². The number of allylic oxidation sites excluding steroid dienone is 2. The number of aryl methyl sites for hydroxylation is 4. The molecule has 0 amide bonds. The van der Waals surface area contributed by atoms with Gasteiger partial charge < -0.3 is 19.7 Å². The van der Waals surface area contributed by atoms with Crippen LogP contribution in [0.3, 0.4) is 0 Å². The third-order valence-corrected chi connectivity index (χ3v) is 8.63. The van der Waals surface area contributed by atoms with Gasteiger partial charge >= 0.3 is 5.97 Å². The summed E-state index contributed by atoms with van der Waals surface area (Å²) in [6, 6.07) is 23.5. The molecule has 0 fully saturated rings. The highest BCUT2D eigenvalue weighted by molar-refractivity contribution is 5.87. The summed E-state index contributed by atoms with van der Waals surface area (Å²) in [5.41, 5.74) is 9.31. The van der Waals surface area contributed by atoms with Gasteiger partial charge in [-0.15, -0.1) is 0 Å². The van der Waals surface area contributed by atoms with Gasteiger partial charge in [-0.2, -0.15) is 0 Å². The molecule has 0 spiro atoms. The highest BCUT2D eigenvalue weighted by Gasteiger charge is 2.12. The smallest absolute Gasteiger partial charge is 0.335 e. The predicted octanol–water partition coefficient (Wildman–Crippen LogP) is 8.65. The molecule has 0 saturated heterocycles. The largest absolute Gasteiger partial charge is 0.508 e. The molecule has 46 heavy (non-hydrogen) atoms. The number of aromatic hydroxyl groups is 1. The van der Waals surface area contributed by atoms with E-state index < -0.39 is 12.6 Å². The monoisotopic (exact) mass is 622 g/mol. The van der Waals surface area contributed by atoms with Crippen LogP contribution in [-0.2, 0) is 40.0 Å². The second kappa shape index (κ2) is 18.9. The number of carbonyl (C=O) groups is 1. The van der Waals surface area contributed by atoms with Gasteiger partial charge in [-0.3, -0.25) is 0 Å². The van der Waals surface area contributed by atoms with Crippen molar-refractivity contribution in [2.45, 2.75) is 83.7 Å². The Labute approximate surface area is 275 Å². The van der Waals surface area contributed by atoms with Crippen LogP contribution in [0.1, 0.15) is 74.1 Å². The van der Waals surface area contributed by atoms with Crippen molar-refractivity contribution in [1.29, 1.82) is 0 Å². The Bertz CT molecular complexity index is 1450. The number of phenols is 1. The van der Waals surface area contributed by atoms with Crippen LogP contribution in [0, 0.1) is 0 Å². The highest BCUT2D eigenvalue weighted by atomic mass is 16.6. The molecule has 5 nitrogen and oxygen atoms in total. The number of hydrogen-bond donors (Lipinski definition) is 2. The molecular formula is C41H50O5. The number of aliphatic hydroxyl groups excluding tert-OH is 1. The first-order valence-electron chi connectivity index (χ1n) is 16.9. The Kier molecular flexibility index (Phi) is 14.4. The highest BCUT2D eigenvalue weighted by Crippen LogP contribution is 2.27. The van der Waals surface area contributed by atoms with E-state index in [0.29, 0.717) is 12.4 Å². The van der Waals surface area contributed by atoms with Crippen LogP contribution in [0.25, 0.3) is 11.1 Å². The Hall–Kier alpha value is -3.93. The van der Waals surface area contributed by atoms with Crippen molar-refractivity contribution in [3.63, 3.8) is 0 Å². The van der Waals surface area contributed by atoms with Gasteiger partial charge in [-0.25, -0.2) is 4.79 Å². The lowest BCUT2D eigenvalue weighted by molar-refractivity contribution is -0.141. The molecule has 3 aromatic carbocycles. The maximum Gasteiger partial charge on any atom is 0.335 e. The second-order valence-electron chi connectivity index (χ2n) is 12.2. The van der Waals surface area contributed by atoms with Gasteiger partial charge in [0.05, 0.1) is 24.9 Å². The Morgan fingerprint density at radius 1 is 0.804 bits per heavy atom. The van der Waals surface area contributed by atoms with Crippen LogP contribution in [0.4, 0.5) is 0 Å². The Morgan fingerprint density at radius 3 is 2.17 bits per heavy atom. The molecule has 3 aromatic rings. The maximum absolute atomic E-state index is 11.5. The number of esters is 1. The van der Waals surface area contributed by atoms with E-state index in [2.05, 4.69) is 74.2 Å². The first kappa shape index (κ1) is 34.9. The van der Waals surface area contributed by atoms with Gasteiger partial charge in [0, 0.05) is 0 Å². The van der Waals surface area contributed by atoms with Gasteiger partial charge in [0.2, 0.25) is 0 Å². The fourth-order valence-corrected chi connectivity index (χ4v) is 5.75. The Balaban J connectivity index is 1.24. The molecule has 244 valence electrons. The van der Waals surface area contributed by atoms with Crippen molar-refractivity contribution in [3.8, 4) is 16.9 Å². The zero-order valence-electron chi connectivity index (χ0n) is 27.4. The van der Waals surface area contributed by atoms with Crippen molar-refractivity contribution in [2.75, 3.05) is 19.8 Å². The van der Waals surface area contributed by atoms with E-state index in [1.807, 2.05) is 12.1 Å². The minimum atomic E-state index is -0.587. The molecule has 1 aliphatic carbocycles. The molecule has 0 radical (unpaired) electrons. The van der Waals surface area contributed by atoms with E-state index in [0.717, 1.165) is 44.1 Å². The molecule has 1 unspecified atom stereocenters. The summed E-state index contributed by atoms with van der Waals surface area (Å²) in [6.45, 7) is 5.76. The van der Waals surface area contributed by atoms with Crippen LogP contribution in [0.5, 0.6) is 5.75 Å². The van der Waals surface area contributed by atoms with Crippen molar-refractivity contribution in [3.05, 3.63) is 125 Å². The summed E-state index contributed by atoms with van der Waals surface area (Å²) in [6.07, 6.45) is 18.7. The van der Waals surface area contributed by atoms with Gasteiger partial charge in [0.15, 0.2) is 0 Å². The molecule has 1 atom stereocenters. The fraction of sp³-hybridized carbons (Fsp3) is 0.390. The molecule has 0 bridgehead atoms. The van der Waals surface area contributed by atoms with E-state index in [1.165, 1.54) is 65.5 Å². The van der Waals surface area contributed by atoms with Gasteiger partial charge in [-0.05, 0) is 90.5 Å². The van der Waals surface area contributed by atoms with Crippen LogP contribution in [0.2, 0.25) is 0 Å². The average Bonchev–Trinajstić information content (AvgIpc) is 3.09. The molecule has 2 N–H and O–H groups in total. The summed E-state index contributed by atoms with van der Waals surface area (Å²) in [7, 11) is 0. The molecule has 1 aliphatic rings. The van der Waals surface area contributed by atoms with Crippen LogP contribution < -0.4 is 0 Å². The summed E-state index contributed by atoms with van der Waals surface area (Å²) >= 11 is 0. The third kappa shape index (κ3) is 11.5. The summed E-state index contributed by atoms with van der Waals surface area (Å²) in [5, 5.41) is 18.6. The lowest BCUT2D eigenvalue weighted by Crippen LogP contribution is -2.18. The molecule has 4 rings (SSSR count). The van der Waals surface area contributed by atoms with Gasteiger partial charge in [0.1, 0.15) is 12.4 Å². The van der Waals surface area contributed by atoms with Crippen molar-refractivity contribution >= 4 is 5.97 Å². The summed E-state index contributed by atoms with van der Waals surface area (Å²) in [4.78, 5) is 11.5. The van der Waals surface area contributed by atoms with E-state index in [4.69, 9.17) is 14.6 Å². The number of benzene rings is 3. The number of hydrogen-bond acceptors (Lipinski definition) is 5. The van der Waals surface area contributed by atoms with Gasteiger partial charge in [-0.1, -0.05) is 118 Å². The standard InChI is InChI=1S/C41H50O5/c1-3-4-5-6-7-8-37-29-38(36-21-23-39(43)24-22-36)20-19-35(37)18-15-33-12-9-32(10-13-33)11-14-34-16-25-40(26-17-34)45-27-28-46-41(44)31(2)30-42/h9-10,12-13,16-17,19-25,29,40,42-43H,2-8,11,14-15,18,26-28,30H2,1H3. The molecule has 0 heterocycles. The van der Waals surface area contributed by atoms with Crippen molar-refractivity contribution < 1.29 is 24.5 Å². The number of ether oxygens (including phenoxy) is 2. The average molecular weight is 623 g/mol. The zero-order chi connectivity index (χ0) is 32.6. The molecule has 5 heteroatoms. The van der Waals surface area contributed by atoms with Crippen molar-refractivity contribution in [2.24, 2.45) is 0 Å².